The Hall–Kier alpha value is -2.17. The molecule has 0 atom stereocenters. The van der Waals surface area contributed by atoms with Gasteiger partial charge in [0, 0.05) is 6.08 Å². The van der Waals surface area contributed by atoms with Crippen LogP contribution in [0.25, 0.3) is 0 Å². The lowest BCUT2D eigenvalue weighted by atomic mass is 10.2. The number of hydrogen-bond donors (Lipinski definition) is 1. The first-order chi connectivity index (χ1) is 8.58. The van der Waals surface area contributed by atoms with E-state index < -0.39 is 5.97 Å². The smallest absolute Gasteiger partial charge is 0.328 e. The lowest BCUT2D eigenvalue weighted by Crippen LogP contribution is -2.00. The molecule has 0 saturated carbocycles. The molecule has 0 aliphatic rings. The highest BCUT2D eigenvalue weighted by Gasteiger charge is 2.12. The van der Waals surface area contributed by atoms with Crippen LogP contribution in [-0.2, 0) is 4.79 Å². The van der Waals surface area contributed by atoms with Crippen LogP contribution in [0.1, 0.15) is 5.56 Å². The number of aliphatic carboxylic acids is 1. The van der Waals surface area contributed by atoms with E-state index in [4.69, 9.17) is 19.3 Å². The van der Waals surface area contributed by atoms with E-state index in [0.29, 0.717) is 17.2 Å². The van der Waals surface area contributed by atoms with E-state index in [-0.39, 0.29) is 6.61 Å². The van der Waals surface area contributed by atoms with Gasteiger partial charge in [-0.1, -0.05) is 0 Å². The molecule has 0 aromatic heterocycles. The fraction of sp³-hybridized carbons (Fsp3) is 0.308. The molecule has 5 nitrogen and oxygen atoms in total. The van der Waals surface area contributed by atoms with Gasteiger partial charge in [0.05, 0.1) is 14.2 Å². The van der Waals surface area contributed by atoms with E-state index in [9.17, 15) is 4.79 Å². The highest BCUT2D eigenvalue weighted by Crippen LogP contribution is 2.38. The maximum Gasteiger partial charge on any atom is 0.328 e. The normalized spacial score (nSPS) is 10.4. The summed E-state index contributed by atoms with van der Waals surface area (Å²) in [6.45, 7) is 2.04. The molecular weight excluding hydrogens is 236 g/mol. The SMILES string of the molecule is COc1cc(C)cc(OC)c1OCC=CC(=O)O. The molecule has 0 amide bonds. The quantitative estimate of drug-likeness (QED) is 0.785. The number of carboxylic acids is 1. The van der Waals surface area contributed by atoms with Gasteiger partial charge >= 0.3 is 5.97 Å². The first-order valence-corrected chi connectivity index (χ1v) is 5.33. The molecule has 0 radical (unpaired) electrons. The molecule has 0 unspecified atom stereocenters. The van der Waals surface area contributed by atoms with Gasteiger partial charge in [-0.15, -0.1) is 0 Å². The van der Waals surface area contributed by atoms with Gasteiger partial charge in [-0.05, 0) is 30.7 Å². The van der Waals surface area contributed by atoms with Gasteiger partial charge in [0.1, 0.15) is 6.61 Å². The fourth-order valence-electron chi connectivity index (χ4n) is 1.43. The number of benzene rings is 1. The average molecular weight is 252 g/mol. The van der Waals surface area contributed by atoms with Crippen molar-refractivity contribution in [3.63, 3.8) is 0 Å². The molecule has 18 heavy (non-hydrogen) atoms. The predicted molar refractivity (Wildman–Crippen MR) is 66.6 cm³/mol. The van der Waals surface area contributed by atoms with Crippen LogP contribution in [0.3, 0.4) is 0 Å². The summed E-state index contributed by atoms with van der Waals surface area (Å²) in [6.07, 6.45) is 2.42. The Labute approximate surface area is 106 Å². The number of aryl methyl sites for hydroxylation is 1. The minimum atomic E-state index is -1.01. The van der Waals surface area contributed by atoms with Gasteiger partial charge in [-0.2, -0.15) is 0 Å². The van der Waals surface area contributed by atoms with Crippen LogP contribution >= 0.6 is 0 Å². The molecule has 0 fully saturated rings. The van der Waals surface area contributed by atoms with Crippen molar-refractivity contribution in [1.82, 2.24) is 0 Å². The Balaban J connectivity index is 2.88. The first-order valence-electron chi connectivity index (χ1n) is 5.33. The number of methoxy groups -OCH3 is 2. The molecule has 0 saturated heterocycles. The van der Waals surface area contributed by atoms with Crippen LogP contribution in [0.5, 0.6) is 17.2 Å². The molecular formula is C13H16O5. The Bertz CT molecular complexity index is 426. The Kier molecular flexibility index (Phi) is 5.05. The van der Waals surface area contributed by atoms with Crippen LogP contribution in [0.15, 0.2) is 24.3 Å². The molecule has 5 heteroatoms. The third-order valence-corrected chi connectivity index (χ3v) is 2.19. The molecule has 1 N–H and O–H groups in total. The summed E-state index contributed by atoms with van der Waals surface area (Å²) < 4.78 is 15.9. The second-order valence-corrected chi connectivity index (χ2v) is 3.55. The standard InChI is InChI=1S/C13H16O5/c1-9-7-10(16-2)13(11(8-9)17-3)18-6-4-5-12(14)15/h4-5,7-8H,6H2,1-3H3,(H,14,15). The summed E-state index contributed by atoms with van der Waals surface area (Å²) in [4.78, 5) is 10.3. The van der Waals surface area contributed by atoms with Crippen molar-refractivity contribution in [2.75, 3.05) is 20.8 Å². The number of hydrogen-bond acceptors (Lipinski definition) is 4. The number of rotatable bonds is 6. The van der Waals surface area contributed by atoms with Gasteiger partial charge in [0.15, 0.2) is 11.5 Å². The lowest BCUT2D eigenvalue weighted by molar-refractivity contribution is -0.131. The van der Waals surface area contributed by atoms with E-state index in [1.165, 1.54) is 20.3 Å². The van der Waals surface area contributed by atoms with Gasteiger partial charge < -0.3 is 19.3 Å². The molecule has 1 aromatic rings. The zero-order valence-corrected chi connectivity index (χ0v) is 10.6. The van der Waals surface area contributed by atoms with Crippen molar-refractivity contribution >= 4 is 5.97 Å². The summed E-state index contributed by atoms with van der Waals surface area (Å²) in [6, 6.07) is 3.64. The van der Waals surface area contributed by atoms with Gasteiger partial charge in [-0.3, -0.25) is 0 Å². The highest BCUT2D eigenvalue weighted by atomic mass is 16.5. The zero-order valence-electron chi connectivity index (χ0n) is 10.6. The molecule has 98 valence electrons. The van der Waals surface area contributed by atoms with E-state index in [1.807, 2.05) is 19.1 Å². The second kappa shape index (κ2) is 6.54. The Morgan fingerprint density at radius 3 is 2.28 bits per heavy atom. The molecule has 1 rings (SSSR count). The highest BCUT2D eigenvalue weighted by molar-refractivity contribution is 5.79. The van der Waals surface area contributed by atoms with Crippen LogP contribution < -0.4 is 14.2 Å². The summed E-state index contributed by atoms with van der Waals surface area (Å²) in [7, 11) is 3.07. The van der Waals surface area contributed by atoms with Crippen LogP contribution in [0.2, 0.25) is 0 Å². The monoisotopic (exact) mass is 252 g/mol. The Morgan fingerprint density at radius 1 is 1.28 bits per heavy atom. The fourth-order valence-corrected chi connectivity index (χ4v) is 1.43. The van der Waals surface area contributed by atoms with Crippen molar-refractivity contribution in [3.05, 3.63) is 29.8 Å². The topological polar surface area (TPSA) is 65.0 Å². The van der Waals surface area contributed by atoms with E-state index in [2.05, 4.69) is 0 Å². The zero-order chi connectivity index (χ0) is 13.5. The van der Waals surface area contributed by atoms with E-state index in [1.54, 1.807) is 0 Å². The molecule has 1 aromatic carbocycles. The summed E-state index contributed by atoms with van der Waals surface area (Å²) >= 11 is 0. The maximum absolute atomic E-state index is 10.3. The van der Waals surface area contributed by atoms with E-state index >= 15 is 0 Å². The lowest BCUT2D eigenvalue weighted by Gasteiger charge is -2.14. The van der Waals surface area contributed by atoms with Crippen molar-refractivity contribution in [2.45, 2.75) is 6.92 Å². The predicted octanol–water partition coefficient (Wildman–Crippen LogP) is 2.03. The van der Waals surface area contributed by atoms with Crippen LogP contribution in [0.4, 0.5) is 0 Å². The molecule has 0 bridgehead atoms. The maximum atomic E-state index is 10.3. The molecule has 0 aliphatic heterocycles. The summed E-state index contributed by atoms with van der Waals surface area (Å²) in [5.74, 6) is 0.549. The van der Waals surface area contributed by atoms with Gasteiger partial charge in [0.2, 0.25) is 5.75 Å². The number of carbonyl (C=O) groups is 1. The van der Waals surface area contributed by atoms with Crippen molar-refractivity contribution in [1.29, 1.82) is 0 Å². The first kappa shape index (κ1) is 13.9. The average Bonchev–Trinajstić information content (AvgIpc) is 2.34. The van der Waals surface area contributed by atoms with Crippen LogP contribution in [-0.4, -0.2) is 31.9 Å². The van der Waals surface area contributed by atoms with Gasteiger partial charge in [0.25, 0.3) is 0 Å². The van der Waals surface area contributed by atoms with E-state index in [0.717, 1.165) is 11.6 Å². The summed E-state index contributed by atoms with van der Waals surface area (Å²) in [5, 5.41) is 8.46. The molecule has 0 heterocycles. The number of ether oxygens (including phenoxy) is 3. The van der Waals surface area contributed by atoms with Crippen molar-refractivity contribution < 1.29 is 24.1 Å². The molecule has 0 spiro atoms. The third kappa shape index (κ3) is 3.69. The molecule has 0 aliphatic carbocycles. The minimum Gasteiger partial charge on any atom is -0.493 e. The Morgan fingerprint density at radius 2 is 1.83 bits per heavy atom. The van der Waals surface area contributed by atoms with Crippen molar-refractivity contribution in [2.24, 2.45) is 0 Å². The number of carboxylic acid groups (broad SMARTS) is 1. The van der Waals surface area contributed by atoms with Crippen molar-refractivity contribution in [3.8, 4) is 17.2 Å². The minimum absolute atomic E-state index is 0.127. The van der Waals surface area contributed by atoms with Gasteiger partial charge in [-0.25, -0.2) is 4.79 Å². The third-order valence-electron chi connectivity index (χ3n) is 2.19. The second-order valence-electron chi connectivity index (χ2n) is 3.55. The van der Waals surface area contributed by atoms with Crippen LogP contribution in [0, 0.1) is 6.92 Å². The summed E-state index contributed by atoms with van der Waals surface area (Å²) in [5.41, 5.74) is 0.983. The largest absolute Gasteiger partial charge is 0.493 e.